The Labute approximate surface area is 358 Å². The zero-order chi connectivity index (χ0) is 49.2. The zero-order valence-corrected chi connectivity index (χ0v) is 35.9. The van der Waals surface area contributed by atoms with E-state index >= 15 is 8.78 Å². The fraction of sp³-hybridized carbons (Fsp3) is 0.261. The molecule has 0 unspecified atom stereocenters. The van der Waals surface area contributed by atoms with Crippen LogP contribution in [-0.4, -0.2) is 31.7 Å². The Balaban J connectivity index is 0.000000271. The first kappa shape index (κ1) is 29.9. The van der Waals surface area contributed by atoms with Gasteiger partial charge in [-0.1, -0.05) is 104 Å². The molecule has 0 spiro atoms. The first-order valence-electron chi connectivity index (χ1n) is 22.9. The third-order valence-corrected chi connectivity index (χ3v) is 13.2. The molecule has 3 nitrogen and oxygen atoms in total. The van der Waals surface area contributed by atoms with Crippen molar-refractivity contribution in [1.29, 1.82) is 0 Å². The summed E-state index contributed by atoms with van der Waals surface area (Å²) in [7, 11) is -5.04. The molecule has 10 heteroatoms. The second-order valence-electron chi connectivity index (χ2n) is 15.3. The Bertz CT molecular complexity index is 2900. The van der Waals surface area contributed by atoms with Crippen LogP contribution in [0.3, 0.4) is 0 Å². The summed E-state index contributed by atoms with van der Waals surface area (Å²) in [4.78, 5) is 8.28. The van der Waals surface area contributed by atoms with E-state index in [1.54, 1.807) is 54.6 Å². The average molecular weight is 978 g/mol. The van der Waals surface area contributed by atoms with Gasteiger partial charge in [-0.3, -0.25) is 0 Å². The Morgan fingerprint density at radius 3 is 2.11 bits per heavy atom. The van der Waals surface area contributed by atoms with Gasteiger partial charge in [0.15, 0.2) is 0 Å². The van der Waals surface area contributed by atoms with Gasteiger partial charge in [0.1, 0.15) is 13.7 Å². The van der Waals surface area contributed by atoms with Gasteiger partial charge < -0.3 is 14.4 Å². The number of nitrogens with zero attached hydrogens (tertiary/aromatic N) is 2. The second-order valence-corrected chi connectivity index (χ2v) is 25.5. The van der Waals surface area contributed by atoms with Crippen LogP contribution in [0.2, 0.25) is 39.3 Å². The number of fused-ring (bicyclic) bond motifs is 3. The van der Waals surface area contributed by atoms with E-state index in [9.17, 15) is 8.78 Å². The van der Waals surface area contributed by atoms with Crippen molar-refractivity contribution in [2.75, 3.05) is 0 Å². The third kappa shape index (κ3) is 8.99. The monoisotopic (exact) mass is 978 g/mol. The van der Waals surface area contributed by atoms with Gasteiger partial charge >= 0.3 is 0 Å². The van der Waals surface area contributed by atoms with Crippen LogP contribution in [0.1, 0.15) is 48.5 Å². The van der Waals surface area contributed by atoms with Crippen LogP contribution in [-0.2, 0) is 32.4 Å². The number of hydrogen-bond acceptors (Lipinski definition) is 3. The maximum Gasteiger partial charge on any atom is 0.298 e. The van der Waals surface area contributed by atoms with Gasteiger partial charge in [0.05, 0.1) is 13.7 Å². The Kier molecular flexibility index (Phi) is 8.73. The molecule has 0 saturated carbocycles. The molecule has 0 N–H and O–H groups in total. The smallest absolute Gasteiger partial charge is 0.298 e. The van der Waals surface area contributed by atoms with Crippen molar-refractivity contribution in [1.82, 2.24) is 9.97 Å². The molecule has 0 atom stereocenters. The molecule has 293 valence electrons. The van der Waals surface area contributed by atoms with Crippen LogP contribution >= 0.6 is 0 Å². The van der Waals surface area contributed by atoms with E-state index < -0.39 is 76.8 Å². The van der Waals surface area contributed by atoms with Crippen LogP contribution < -0.4 is 5.19 Å². The van der Waals surface area contributed by atoms with E-state index in [4.69, 9.17) is 19.5 Å². The molecule has 0 aliphatic heterocycles. The molecule has 0 aliphatic rings. The number of aryl methyl sites for hydroxylation is 3. The van der Waals surface area contributed by atoms with Crippen LogP contribution in [0.4, 0.5) is 17.6 Å². The van der Waals surface area contributed by atoms with E-state index in [2.05, 4.69) is 41.7 Å². The van der Waals surface area contributed by atoms with Crippen molar-refractivity contribution in [3.05, 3.63) is 149 Å². The van der Waals surface area contributed by atoms with Crippen molar-refractivity contribution < 1.29 is 57.2 Å². The molecule has 0 saturated heterocycles. The number of hydrogen-bond donors (Lipinski definition) is 0. The summed E-state index contributed by atoms with van der Waals surface area (Å²) in [6, 6.07) is 28.7. The van der Waals surface area contributed by atoms with E-state index in [0.29, 0.717) is 21.9 Å². The maximum absolute atomic E-state index is 16.1. The summed E-state index contributed by atoms with van der Waals surface area (Å²) in [5.74, 6) is -3.63. The molecule has 0 aliphatic carbocycles. The molecule has 56 heavy (non-hydrogen) atoms. The van der Waals surface area contributed by atoms with Crippen LogP contribution in [0, 0.1) is 32.7 Å². The topological polar surface area (TPSA) is 38.9 Å². The van der Waals surface area contributed by atoms with E-state index in [1.165, 1.54) is 43.9 Å². The largest absolute Gasteiger partial charge is 0.501 e. The summed E-state index contributed by atoms with van der Waals surface area (Å²) < 4.78 is 154. The van der Waals surface area contributed by atoms with Crippen LogP contribution in [0.25, 0.3) is 44.5 Å². The number of benzene rings is 4. The molecule has 0 bridgehead atoms. The number of alkyl halides is 4. The number of rotatable bonds is 8. The van der Waals surface area contributed by atoms with Crippen LogP contribution in [0.5, 0.6) is 0 Å². The van der Waals surface area contributed by atoms with Crippen molar-refractivity contribution in [3.8, 4) is 22.5 Å². The van der Waals surface area contributed by atoms with Crippen molar-refractivity contribution in [3.63, 3.8) is 0 Å². The van der Waals surface area contributed by atoms with Gasteiger partial charge in [-0.25, -0.2) is 8.78 Å². The van der Waals surface area contributed by atoms with Crippen molar-refractivity contribution in [2.24, 2.45) is 0 Å². The Hall–Kier alpha value is -4.22. The molecule has 3 heterocycles. The molecule has 7 aromatic rings. The van der Waals surface area contributed by atoms with Gasteiger partial charge in [0.25, 0.3) is 5.92 Å². The summed E-state index contributed by atoms with van der Waals surface area (Å²) in [5, 5.41) is 2.27. The van der Waals surface area contributed by atoms with Crippen molar-refractivity contribution >= 4 is 43.3 Å². The first-order chi connectivity index (χ1) is 30.2. The van der Waals surface area contributed by atoms with Crippen LogP contribution in [0.15, 0.2) is 108 Å². The van der Waals surface area contributed by atoms with Gasteiger partial charge in [0, 0.05) is 70.5 Å². The molecule has 4 aromatic carbocycles. The molecular formula is C46H46F4IrN2OSi2-2. The predicted octanol–water partition coefficient (Wildman–Crippen LogP) is 12.7. The van der Waals surface area contributed by atoms with Gasteiger partial charge in [-0.05, 0) is 60.3 Å². The second kappa shape index (κ2) is 16.3. The maximum atomic E-state index is 16.1. The van der Waals surface area contributed by atoms with E-state index in [-0.39, 0.29) is 53.8 Å². The fourth-order valence-electron chi connectivity index (χ4n) is 5.73. The summed E-state index contributed by atoms with van der Waals surface area (Å²) in [6.07, 6.45) is -1.21. The van der Waals surface area contributed by atoms with Gasteiger partial charge in [-0.2, -0.15) is 8.78 Å². The molecule has 0 amide bonds. The zero-order valence-electron chi connectivity index (χ0n) is 42.5. The first-order valence-corrected chi connectivity index (χ1v) is 24.4. The fourth-order valence-corrected chi connectivity index (χ4v) is 7.41. The predicted molar refractivity (Wildman–Crippen MR) is 223 cm³/mol. The third-order valence-electron chi connectivity index (χ3n) is 9.17. The normalized spacial score (nSPS) is 16.1. The number of halogens is 4. The Morgan fingerprint density at radius 2 is 1.46 bits per heavy atom. The summed E-state index contributed by atoms with van der Waals surface area (Å²) >= 11 is 0. The average Bonchev–Trinajstić information content (AvgIpc) is 3.60. The van der Waals surface area contributed by atoms with Crippen molar-refractivity contribution in [2.45, 2.75) is 77.7 Å². The number of aromatic nitrogens is 2. The number of pyridine rings is 2. The van der Waals surface area contributed by atoms with E-state index in [1.807, 2.05) is 0 Å². The molecule has 7 rings (SSSR count). The minimum Gasteiger partial charge on any atom is -0.501 e. The van der Waals surface area contributed by atoms with Gasteiger partial charge in [-0.15, -0.1) is 54.1 Å². The SMILES string of the molecule is [2H]C([2H])([2H])c1ccc2c(c1)oc1c(-c3cc(C(F)(F)c4ccc([Si](C)(C)C)cc4)c(C([2H])([2H])[2H])cn3)[c-]ccc12.[2H]C([2H])([2H])c1cnc(-c2[c-]cccc2)cc1C([2H])([2H])C(F)(F)[Si](C)(C)C.[Ir]. The van der Waals surface area contributed by atoms with Gasteiger partial charge in [0.2, 0.25) is 5.55 Å². The summed E-state index contributed by atoms with van der Waals surface area (Å²) in [5.41, 5.74) is -4.59. The molecule has 3 aromatic heterocycles. The Morgan fingerprint density at radius 1 is 0.750 bits per heavy atom. The quantitative estimate of drug-likeness (QED) is 0.0865. The summed E-state index contributed by atoms with van der Waals surface area (Å²) in [6.45, 7) is 2.48. The number of furan rings is 1. The minimum absolute atomic E-state index is 0. The molecule has 1 radical (unpaired) electrons. The molecular weight excluding hydrogens is 921 g/mol. The standard InChI is InChI=1S/C29H26F2NOSi.C17H20F2NSi.Ir/c1-18-9-14-22-23-7-6-8-24(28(23)33-27(22)15-18)26-16-25(19(2)17-32-26)29(30,31)20-10-12-21(13-11-20)34(3,4)5;1-13-12-20-16(14-8-6-5-7-9-14)10-15(13)11-17(18,19)21(2,3)4;/h6-7,9-17H,1-5H3;5-8,10,12H,11H2,1-4H3;/q2*-1;/i1D3,2D3;1D3,11D2;. The van der Waals surface area contributed by atoms with E-state index in [0.717, 1.165) is 29.7 Å². The minimum atomic E-state index is -3.68. The molecule has 0 fully saturated rings.